The first-order chi connectivity index (χ1) is 10.7. The zero-order chi connectivity index (χ0) is 17.6. The van der Waals surface area contributed by atoms with E-state index in [1.165, 1.54) is 0 Å². The van der Waals surface area contributed by atoms with E-state index in [0.29, 0.717) is 6.42 Å². The Morgan fingerprint density at radius 3 is 2.33 bits per heavy atom. The topological polar surface area (TPSA) is 38.3 Å². The van der Waals surface area contributed by atoms with Gasteiger partial charge in [-0.1, -0.05) is 38.5 Å². The number of rotatable bonds is 6. The van der Waals surface area contributed by atoms with Gasteiger partial charge in [0, 0.05) is 57.0 Å². The van der Waals surface area contributed by atoms with Gasteiger partial charge in [0.25, 0.3) is 0 Å². The Balaban J connectivity index is 0.00000529. The summed E-state index contributed by atoms with van der Waals surface area (Å²) < 4.78 is 6.06. The van der Waals surface area contributed by atoms with Crippen LogP contribution in [0.2, 0.25) is 0 Å². The maximum absolute atomic E-state index is 12.0. The largest absolute Gasteiger partial charge is 0.496 e. The van der Waals surface area contributed by atoms with E-state index in [9.17, 15) is 4.79 Å². The standard InChI is InChI=1S/C20H31NO2.Y/c1-8-11-18(15(9-2)10-3)14(4)23-17-12-16(13-17)21-19(22)20(5,6)7;/h8-9,11,16-17H,2-3,10,12-13H2,1,4-7H3,(H,21,22);/q-2;/b11-8-,15-9+,18-14-;. The van der Waals surface area contributed by atoms with Crippen LogP contribution in [0.1, 0.15) is 53.9 Å². The number of carbonyl (C=O) groups excluding carboxylic acids is 1. The molecule has 1 saturated carbocycles. The fourth-order valence-electron chi connectivity index (χ4n) is 2.46. The first-order valence-electron chi connectivity index (χ1n) is 8.32. The number of carbonyl (C=O) groups is 1. The Morgan fingerprint density at radius 2 is 1.92 bits per heavy atom. The average molecular weight is 406 g/mol. The minimum atomic E-state index is -0.344. The van der Waals surface area contributed by atoms with Gasteiger partial charge >= 0.3 is 0 Å². The molecule has 1 radical (unpaired) electrons. The van der Waals surface area contributed by atoms with Gasteiger partial charge in [0.1, 0.15) is 6.10 Å². The van der Waals surface area contributed by atoms with Crippen molar-refractivity contribution < 1.29 is 42.2 Å². The fourth-order valence-corrected chi connectivity index (χ4v) is 2.46. The molecule has 0 aliphatic heterocycles. The molecule has 3 nitrogen and oxygen atoms in total. The molecule has 133 valence electrons. The van der Waals surface area contributed by atoms with Gasteiger partial charge in [0.15, 0.2) is 0 Å². The van der Waals surface area contributed by atoms with Gasteiger partial charge in [-0.15, -0.1) is 0 Å². The molecule has 0 unspecified atom stereocenters. The summed E-state index contributed by atoms with van der Waals surface area (Å²) >= 11 is 0. The van der Waals surface area contributed by atoms with Crippen LogP contribution >= 0.6 is 0 Å². The maximum atomic E-state index is 12.0. The molecule has 1 aliphatic carbocycles. The predicted molar refractivity (Wildman–Crippen MR) is 96.4 cm³/mol. The van der Waals surface area contributed by atoms with Crippen LogP contribution < -0.4 is 5.32 Å². The first kappa shape index (κ1) is 23.5. The van der Waals surface area contributed by atoms with Gasteiger partial charge in [-0.05, 0) is 13.8 Å². The summed E-state index contributed by atoms with van der Waals surface area (Å²) in [5.41, 5.74) is 1.79. The van der Waals surface area contributed by atoms with Gasteiger partial charge < -0.3 is 17.0 Å². The third kappa shape index (κ3) is 6.76. The van der Waals surface area contributed by atoms with Crippen molar-refractivity contribution in [1.82, 2.24) is 5.32 Å². The quantitative estimate of drug-likeness (QED) is 0.400. The molecule has 0 aromatic carbocycles. The number of allylic oxidation sites excluding steroid dienone is 6. The van der Waals surface area contributed by atoms with Crippen LogP contribution in [0.5, 0.6) is 0 Å². The summed E-state index contributed by atoms with van der Waals surface area (Å²) in [6.07, 6.45) is 8.42. The van der Waals surface area contributed by atoms with E-state index >= 15 is 0 Å². The third-order valence-electron chi connectivity index (χ3n) is 4.03. The van der Waals surface area contributed by atoms with Crippen LogP contribution in [0.15, 0.2) is 35.1 Å². The summed E-state index contributed by atoms with van der Waals surface area (Å²) in [7, 11) is 0. The van der Waals surface area contributed by atoms with Crippen molar-refractivity contribution in [2.75, 3.05) is 0 Å². The molecule has 1 aliphatic rings. The first-order valence-corrected chi connectivity index (χ1v) is 8.32. The van der Waals surface area contributed by atoms with Crippen LogP contribution in [-0.4, -0.2) is 18.1 Å². The van der Waals surface area contributed by atoms with Crippen molar-refractivity contribution in [2.24, 2.45) is 5.41 Å². The molecule has 0 aromatic heterocycles. The Labute approximate surface area is 173 Å². The number of hydrogen-bond acceptors (Lipinski definition) is 2. The third-order valence-corrected chi connectivity index (χ3v) is 4.03. The Bertz CT molecular complexity index is 506. The fraction of sp³-hybridized carbons (Fsp3) is 0.550. The van der Waals surface area contributed by atoms with Crippen LogP contribution in [0.3, 0.4) is 0 Å². The second-order valence-corrected chi connectivity index (χ2v) is 7.08. The number of hydrogen-bond donors (Lipinski definition) is 1. The molecule has 0 heterocycles. The predicted octanol–water partition coefficient (Wildman–Crippen LogP) is 4.53. The number of amides is 1. The molecule has 0 spiro atoms. The molecular formula is C20H31NO2Y-2. The van der Waals surface area contributed by atoms with E-state index in [-0.39, 0.29) is 56.2 Å². The molecule has 1 fully saturated rings. The minimum absolute atomic E-state index is 0. The van der Waals surface area contributed by atoms with Crippen molar-refractivity contribution in [3.63, 3.8) is 0 Å². The number of ether oxygens (including phenoxy) is 1. The van der Waals surface area contributed by atoms with E-state index in [4.69, 9.17) is 4.74 Å². The molecule has 24 heavy (non-hydrogen) atoms. The average Bonchev–Trinajstić information content (AvgIpc) is 2.43. The molecule has 0 bridgehead atoms. The van der Waals surface area contributed by atoms with Crippen LogP contribution in [0.4, 0.5) is 0 Å². The van der Waals surface area contributed by atoms with E-state index in [0.717, 1.165) is 29.7 Å². The van der Waals surface area contributed by atoms with Crippen molar-refractivity contribution >= 4 is 5.91 Å². The SMILES string of the molecule is [CH2-]/C=C(C[CH2-])/C(/C=C\C)=C(/C)OC1CC(NC(=O)C(C)(C)C)C1.[Y]. The minimum Gasteiger partial charge on any atom is -0.496 e. The molecular weight excluding hydrogens is 375 g/mol. The molecule has 0 saturated heterocycles. The van der Waals surface area contributed by atoms with Gasteiger partial charge in [0.2, 0.25) is 5.91 Å². The second kappa shape index (κ2) is 10.5. The van der Waals surface area contributed by atoms with E-state index < -0.39 is 0 Å². The van der Waals surface area contributed by atoms with Gasteiger partial charge in [-0.25, -0.2) is 25.0 Å². The second-order valence-electron chi connectivity index (χ2n) is 7.08. The maximum Gasteiger partial charge on any atom is 0.225 e. The molecule has 4 heteroatoms. The van der Waals surface area contributed by atoms with Crippen LogP contribution in [0.25, 0.3) is 0 Å². The summed E-state index contributed by atoms with van der Waals surface area (Å²) in [4.78, 5) is 12.0. The van der Waals surface area contributed by atoms with Gasteiger partial charge in [-0.2, -0.15) is 0 Å². The molecule has 1 N–H and O–H groups in total. The van der Waals surface area contributed by atoms with E-state index in [1.807, 2.05) is 52.8 Å². The van der Waals surface area contributed by atoms with Crippen molar-refractivity contribution in [3.8, 4) is 0 Å². The Hall–Kier alpha value is -0.536. The normalized spacial score (nSPS) is 22.3. The Morgan fingerprint density at radius 1 is 1.33 bits per heavy atom. The van der Waals surface area contributed by atoms with Gasteiger partial charge in [0.05, 0.1) is 5.76 Å². The summed E-state index contributed by atoms with van der Waals surface area (Å²) in [5, 5.41) is 3.08. The van der Waals surface area contributed by atoms with Crippen LogP contribution in [-0.2, 0) is 42.2 Å². The van der Waals surface area contributed by atoms with Crippen LogP contribution in [0, 0.1) is 19.3 Å². The number of nitrogens with one attached hydrogen (secondary N) is 1. The molecule has 0 atom stereocenters. The summed E-state index contributed by atoms with van der Waals surface area (Å²) in [5.74, 6) is 0.995. The van der Waals surface area contributed by atoms with Crippen molar-refractivity contribution in [1.29, 1.82) is 0 Å². The summed E-state index contributed by atoms with van der Waals surface area (Å²) in [6, 6.07) is 0.223. The summed E-state index contributed by atoms with van der Waals surface area (Å²) in [6.45, 7) is 17.5. The zero-order valence-corrected chi connectivity index (χ0v) is 18.7. The smallest absolute Gasteiger partial charge is 0.225 e. The van der Waals surface area contributed by atoms with Crippen molar-refractivity contribution in [3.05, 3.63) is 49.0 Å². The van der Waals surface area contributed by atoms with Gasteiger partial charge in [-0.3, -0.25) is 4.79 Å². The molecule has 1 rings (SSSR count). The van der Waals surface area contributed by atoms with Crippen molar-refractivity contribution in [2.45, 2.75) is 66.0 Å². The zero-order valence-electron chi connectivity index (χ0n) is 15.8. The molecule has 0 aromatic rings. The Kier molecular flexibility index (Phi) is 10.2. The van der Waals surface area contributed by atoms with E-state index in [1.54, 1.807) is 0 Å². The molecule has 1 amide bonds. The van der Waals surface area contributed by atoms with E-state index in [2.05, 4.69) is 19.2 Å². The monoisotopic (exact) mass is 406 g/mol.